The summed E-state index contributed by atoms with van der Waals surface area (Å²) in [6.45, 7) is 11.1. The minimum atomic E-state index is -4.29. The van der Waals surface area contributed by atoms with Gasteiger partial charge in [-0.15, -0.1) is 0 Å². The molecule has 0 unspecified atom stereocenters. The molecule has 0 aromatic heterocycles. The molecule has 0 spiro atoms. The molecule has 0 N–H and O–H groups in total. The minimum absolute atomic E-state index is 0.000343. The number of aryl methyl sites for hydroxylation is 1. The molecule has 0 bridgehead atoms. The molecule has 3 rings (SSSR count). The summed E-state index contributed by atoms with van der Waals surface area (Å²) < 4.78 is 39.6. The van der Waals surface area contributed by atoms with Crippen LogP contribution in [-0.2, 0) is 12.6 Å². The van der Waals surface area contributed by atoms with Gasteiger partial charge in [0.1, 0.15) is 0 Å². The number of likely N-dealkylation sites (N-methyl/N-ethyl adjacent to an activating group) is 1. The molecular formula is C25H40F3N3. The van der Waals surface area contributed by atoms with Gasteiger partial charge < -0.3 is 4.90 Å². The fraction of sp³-hybridized carbons (Fsp3) is 0.760. The van der Waals surface area contributed by atoms with Gasteiger partial charge in [-0.2, -0.15) is 13.2 Å². The predicted octanol–water partition coefficient (Wildman–Crippen LogP) is 5.30. The molecule has 3 nitrogen and oxygen atoms in total. The maximum atomic E-state index is 13.2. The van der Waals surface area contributed by atoms with Crippen LogP contribution in [0.25, 0.3) is 0 Å². The minimum Gasteiger partial charge on any atom is -0.306 e. The molecule has 176 valence electrons. The molecule has 2 heterocycles. The highest BCUT2D eigenvalue weighted by Crippen LogP contribution is 2.37. The largest absolute Gasteiger partial charge is 0.416 e. The molecule has 0 saturated carbocycles. The van der Waals surface area contributed by atoms with Gasteiger partial charge in [-0.3, -0.25) is 9.80 Å². The van der Waals surface area contributed by atoms with Crippen molar-refractivity contribution in [3.05, 3.63) is 35.4 Å². The highest BCUT2D eigenvalue weighted by atomic mass is 19.4. The summed E-state index contributed by atoms with van der Waals surface area (Å²) in [5.74, 6) is 0. The first-order valence-electron chi connectivity index (χ1n) is 11.7. The lowest BCUT2D eigenvalue weighted by Crippen LogP contribution is -2.64. The second-order valence-corrected chi connectivity index (χ2v) is 10.8. The molecular weight excluding hydrogens is 399 g/mol. The Labute approximate surface area is 186 Å². The van der Waals surface area contributed by atoms with Gasteiger partial charge in [-0.1, -0.05) is 18.2 Å². The van der Waals surface area contributed by atoms with E-state index in [1.54, 1.807) is 6.07 Å². The van der Waals surface area contributed by atoms with E-state index in [0.717, 1.165) is 63.8 Å². The Kier molecular flexibility index (Phi) is 7.44. The van der Waals surface area contributed by atoms with Crippen LogP contribution in [-0.4, -0.2) is 72.1 Å². The van der Waals surface area contributed by atoms with Crippen LogP contribution in [0.2, 0.25) is 0 Å². The van der Waals surface area contributed by atoms with Gasteiger partial charge in [0.25, 0.3) is 0 Å². The molecule has 31 heavy (non-hydrogen) atoms. The van der Waals surface area contributed by atoms with Crippen molar-refractivity contribution < 1.29 is 13.2 Å². The number of piperidine rings is 2. The van der Waals surface area contributed by atoms with E-state index in [2.05, 4.69) is 49.6 Å². The number of hydrogen-bond acceptors (Lipinski definition) is 3. The highest BCUT2D eigenvalue weighted by Gasteiger charge is 2.44. The average molecular weight is 440 g/mol. The van der Waals surface area contributed by atoms with Crippen LogP contribution in [0.5, 0.6) is 0 Å². The third-order valence-corrected chi connectivity index (χ3v) is 7.62. The number of rotatable bonds is 5. The normalized spacial score (nSPS) is 25.3. The van der Waals surface area contributed by atoms with Crippen molar-refractivity contribution >= 4 is 0 Å². The lowest BCUT2D eigenvalue weighted by atomic mass is 9.79. The number of nitrogens with zero attached hydrogens (tertiary/aromatic N) is 3. The number of alkyl halides is 3. The summed E-state index contributed by atoms with van der Waals surface area (Å²) >= 11 is 0. The SMILES string of the molecule is CN1CCC(N(C)[C@@]2(CCc3cccc(C(F)(F)F)c3)CCCN(C(C)(C)C)C2)CC1. The van der Waals surface area contributed by atoms with Crippen molar-refractivity contribution in [2.45, 2.75) is 82.6 Å². The van der Waals surface area contributed by atoms with E-state index in [4.69, 9.17) is 0 Å². The molecule has 1 aromatic carbocycles. The Morgan fingerprint density at radius 1 is 1.10 bits per heavy atom. The van der Waals surface area contributed by atoms with E-state index in [9.17, 15) is 13.2 Å². The third-order valence-electron chi connectivity index (χ3n) is 7.62. The average Bonchev–Trinajstić information content (AvgIpc) is 2.71. The number of halogens is 3. The topological polar surface area (TPSA) is 9.72 Å². The van der Waals surface area contributed by atoms with Gasteiger partial charge in [-0.25, -0.2) is 0 Å². The van der Waals surface area contributed by atoms with Crippen molar-refractivity contribution in [1.29, 1.82) is 0 Å². The van der Waals surface area contributed by atoms with E-state index in [-0.39, 0.29) is 11.1 Å². The van der Waals surface area contributed by atoms with Gasteiger partial charge in [0.15, 0.2) is 0 Å². The number of likely N-dealkylation sites (tertiary alicyclic amines) is 2. The van der Waals surface area contributed by atoms with Crippen molar-refractivity contribution in [1.82, 2.24) is 14.7 Å². The van der Waals surface area contributed by atoms with E-state index >= 15 is 0 Å². The molecule has 2 saturated heterocycles. The summed E-state index contributed by atoms with van der Waals surface area (Å²) in [5, 5.41) is 0. The first-order chi connectivity index (χ1) is 14.4. The maximum Gasteiger partial charge on any atom is 0.416 e. The molecule has 1 atom stereocenters. The van der Waals surface area contributed by atoms with E-state index < -0.39 is 11.7 Å². The van der Waals surface area contributed by atoms with E-state index in [0.29, 0.717) is 12.5 Å². The summed E-state index contributed by atoms with van der Waals surface area (Å²) in [6.07, 6.45) is 1.86. The van der Waals surface area contributed by atoms with E-state index in [1.165, 1.54) is 12.1 Å². The van der Waals surface area contributed by atoms with Crippen molar-refractivity contribution in [2.75, 3.05) is 40.3 Å². The molecule has 2 aliphatic heterocycles. The molecule has 1 aromatic rings. The Balaban J connectivity index is 1.82. The van der Waals surface area contributed by atoms with Gasteiger partial charge in [-0.05, 0) is 105 Å². The second kappa shape index (κ2) is 9.40. The zero-order valence-corrected chi connectivity index (χ0v) is 19.9. The molecule has 2 fully saturated rings. The molecule has 2 aliphatic rings. The Hall–Kier alpha value is -1.11. The van der Waals surface area contributed by atoms with Crippen molar-refractivity contribution in [2.24, 2.45) is 0 Å². The zero-order chi connectivity index (χ0) is 22.9. The third kappa shape index (κ3) is 6.02. The van der Waals surface area contributed by atoms with Gasteiger partial charge >= 0.3 is 6.18 Å². The number of hydrogen-bond donors (Lipinski definition) is 0. The first-order valence-corrected chi connectivity index (χ1v) is 11.7. The molecule has 0 amide bonds. The summed E-state index contributed by atoms with van der Waals surface area (Å²) in [5.41, 5.74) is 0.345. The van der Waals surface area contributed by atoms with Crippen LogP contribution in [0.3, 0.4) is 0 Å². The fourth-order valence-electron chi connectivity index (χ4n) is 5.40. The van der Waals surface area contributed by atoms with Crippen molar-refractivity contribution in [3.8, 4) is 0 Å². The molecule has 0 aliphatic carbocycles. The maximum absolute atomic E-state index is 13.2. The quantitative estimate of drug-likeness (QED) is 0.617. The van der Waals surface area contributed by atoms with Crippen LogP contribution >= 0.6 is 0 Å². The van der Waals surface area contributed by atoms with Crippen LogP contribution in [0.4, 0.5) is 13.2 Å². The Morgan fingerprint density at radius 3 is 2.39 bits per heavy atom. The van der Waals surface area contributed by atoms with Gasteiger partial charge in [0, 0.05) is 23.7 Å². The van der Waals surface area contributed by atoms with Gasteiger partial charge in [0.05, 0.1) is 5.56 Å². The summed E-state index contributed by atoms with van der Waals surface area (Å²) in [7, 11) is 4.45. The van der Waals surface area contributed by atoms with Gasteiger partial charge in [0.2, 0.25) is 0 Å². The van der Waals surface area contributed by atoms with Crippen LogP contribution in [0.1, 0.15) is 64.0 Å². The second-order valence-electron chi connectivity index (χ2n) is 10.8. The fourth-order valence-corrected chi connectivity index (χ4v) is 5.40. The monoisotopic (exact) mass is 439 g/mol. The summed E-state index contributed by atoms with van der Waals surface area (Å²) in [6, 6.07) is 6.45. The Bertz CT molecular complexity index is 719. The first kappa shape index (κ1) is 24.5. The molecule has 6 heteroatoms. The standard InChI is InChI=1S/C25H40F3N3/c1-23(2,3)31-15-7-13-24(19-31,30(5)22-11-16-29(4)17-12-22)14-10-20-8-6-9-21(18-20)25(26,27)28/h6,8-9,18,22H,7,10-17,19H2,1-5H3/t24-/m1/s1. The Morgan fingerprint density at radius 2 is 1.77 bits per heavy atom. The van der Waals surface area contributed by atoms with Crippen molar-refractivity contribution in [3.63, 3.8) is 0 Å². The van der Waals surface area contributed by atoms with Crippen LogP contribution in [0.15, 0.2) is 24.3 Å². The van der Waals surface area contributed by atoms with E-state index in [1.807, 2.05) is 6.07 Å². The molecule has 0 radical (unpaired) electrons. The zero-order valence-electron chi connectivity index (χ0n) is 19.9. The predicted molar refractivity (Wildman–Crippen MR) is 121 cm³/mol. The lowest BCUT2D eigenvalue weighted by molar-refractivity contribution is -0.137. The summed E-state index contributed by atoms with van der Waals surface area (Å²) in [4.78, 5) is 7.58. The highest BCUT2D eigenvalue weighted by molar-refractivity contribution is 5.26. The number of benzene rings is 1. The lowest BCUT2D eigenvalue weighted by Gasteiger charge is -2.55. The van der Waals surface area contributed by atoms with Crippen LogP contribution in [0, 0.1) is 0 Å². The van der Waals surface area contributed by atoms with Crippen LogP contribution < -0.4 is 0 Å². The smallest absolute Gasteiger partial charge is 0.306 e.